The molecule has 0 spiro atoms. The van der Waals surface area contributed by atoms with Crippen LogP contribution in [0.5, 0.6) is 0 Å². The van der Waals surface area contributed by atoms with Crippen LogP contribution in [0.15, 0.2) is 0 Å². The minimum Gasteiger partial charge on any atom is -0.412 e. The normalized spacial score (nSPS) is 8.60. The Bertz CT molecular complexity index is 80.9. The van der Waals surface area contributed by atoms with Crippen molar-refractivity contribution in [3.05, 3.63) is 0 Å². The molecule has 0 rings (SSSR count). The molecule has 0 aromatic heterocycles. The fourth-order valence-corrected chi connectivity index (χ4v) is 0.567. The van der Waals surface area contributed by atoms with E-state index in [4.69, 9.17) is 4.74 Å². The number of Topliss-reactive ketones (excluding diaryl/α,β-unsaturated/α-hetero) is 1. The molecule has 0 aromatic carbocycles. The first-order chi connectivity index (χ1) is 4.31. The van der Waals surface area contributed by atoms with Crippen LogP contribution in [-0.4, -0.2) is 24.5 Å². The van der Waals surface area contributed by atoms with E-state index in [1.54, 1.807) is 0 Å². The number of hydrogen-bond donors (Lipinski definition) is 0. The molecule has 62 valence electrons. The lowest BCUT2D eigenvalue weighted by molar-refractivity contribution is -0.123. The average Bonchev–Trinajstić information content (AvgIpc) is 1.85. The lowest BCUT2D eigenvalue weighted by Gasteiger charge is -1.96. The third kappa shape index (κ3) is 7.59. The molecule has 0 bridgehead atoms. The van der Waals surface area contributed by atoms with Gasteiger partial charge < -0.3 is 10.2 Å². The predicted molar refractivity (Wildman–Crippen MR) is 40.0 cm³/mol. The average molecular weight is 148 g/mol. The van der Waals surface area contributed by atoms with Crippen molar-refractivity contribution in [2.75, 3.05) is 13.2 Å². The van der Waals surface area contributed by atoms with Crippen LogP contribution in [0, 0.1) is 0 Å². The summed E-state index contributed by atoms with van der Waals surface area (Å²) in [7, 11) is 0. The highest BCUT2D eigenvalue weighted by molar-refractivity contribution is 5.79. The van der Waals surface area contributed by atoms with Gasteiger partial charge in [0.25, 0.3) is 0 Å². The van der Waals surface area contributed by atoms with Gasteiger partial charge in [-0.2, -0.15) is 0 Å². The van der Waals surface area contributed by atoms with Crippen molar-refractivity contribution < 1.29 is 15.0 Å². The van der Waals surface area contributed by atoms with Gasteiger partial charge in [-0.25, -0.2) is 0 Å². The van der Waals surface area contributed by atoms with Crippen molar-refractivity contribution in [1.29, 1.82) is 0 Å². The van der Waals surface area contributed by atoms with Gasteiger partial charge in [0.05, 0.1) is 0 Å². The molecule has 0 aliphatic carbocycles. The van der Waals surface area contributed by atoms with Crippen molar-refractivity contribution >= 4 is 5.78 Å². The van der Waals surface area contributed by atoms with Crippen molar-refractivity contribution in [1.82, 2.24) is 0 Å². The predicted octanol–water partition coefficient (Wildman–Crippen LogP) is 0.567. The molecule has 0 aliphatic rings. The Hall–Kier alpha value is -0.410. The Morgan fingerprint density at radius 1 is 1.40 bits per heavy atom. The van der Waals surface area contributed by atoms with E-state index >= 15 is 0 Å². The largest absolute Gasteiger partial charge is 0.412 e. The Balaban J connectivity index is 0. The van der Waals surface area contributed by atoms with Gasteiger partial charge in [-0.1, -0.05) is 6.92 Å². The quantitative estimate of drug-likeness (QED) is 0.572. The first kappa shape index (κ1) is 12.3. The third-order valence-corrected chi connectivity index (χ3v) is 0.996. The Morgan fingerprint density at radius 2 is 2.00 bits per heavy atom. The van der Waals surface area contributed by atoms with Crippen LogP contribution in [0.25, 0.3) is 0 Å². The Morgan fingerprint density at radius 3 is 2.40 bits per heavy atom. The maximum absolute atomic E-state index is 10.7. The number of ketones is 1. The second-order valence-electron chi connectivity index (χ2n) is 1.93. The summed E-state index contributed by atoms with van der Waals surface area (Å²) in [6, 6.07) is 0. The van der Waals surface area contributed by atoms with Crippen molar-refractivity contribution in [3.63, 3.8) is 0 Å². The second kappa shape index (κ2) is 8.59. The van der Waals surface area contributed by atoms with E-state index in [0.717, 1.165) is 6.42 Å². The fourth-order valence-electron chi connectivity index (χ4n) is 0.567. The molecule has 2 N–H and O–H groups in total. The first-order valence-electron chi connectivity index (χ1n) is 3.40. The van der Waals surface area contributed by atoms with Gasteiger partial charge >= 0.3 is 0 Å². The van der Waals surface area contributed by atoms with Gasteiger partial charge in [0, 0.05) is 13.0 Å². The zero-order chi connectivity index (χ0) is 7.11. The SMILES string of the molecule is CCCC(=O)COCC.O. The second-order valence-corrected chi connectivity index (χ2v) is 1.93. The lowest BCUT2D eigenvalue weighted by atomic mass is 10.2. The van der Waals surface area contributed by atoms with E-state index in [2.05, 4.69) is 0 Å². The summed E-state index contributed by atoms with van der Waals surface area (Å²) in [6.07, 6.45) is 1.58. The maximum atomic E-state index is 10.7. The Labute approximate surface area is 61.7 Å². The minimum atomic E-state index is 0. The van der Waals surface area contributed by atoms with E-state index in [0.29, 0.717) is 19.6 Å². The zero-order valence-electron chi connectivity index (χ0n) is 6.64. The van der Waals surface area contributed by atoms with E-state index in [1.807, 2.05) is 13.8 Å². The highest BCUT2D eigenvalue weighted by Gasteiger charge is 1.96. The van der Waals surface area contributed by atoms with Crippen molar-refractivity contribution in [3.8, 4) is 0 Å². The monoisotopic (exact) mass is 148 g/mol. The topological polar surface area (TPSA) is 57.8 Å². The summed E-state index contributed by atoms with van der Waals surface area (Å²) in [5, 5.41) is 0. The van der Waals surface area contributed by atoms with E-state index < -0.39 is 0 Å². The van der Waals surface area contributed by atoms with Crippen molar-refractivity contribution in [2.45, 2.75) is 26.7 Å². The van der Waals surface area contributed by atoms with Crippen LogP contribution in [0.1, 0.15) is 26.7 Å². The minimum absolute atomic E-state index is 0. The standard InChI is InChI=1S/C7H14O2.H2O/c1-3-5-7(8)6-9-4-2;/h3-6H2,1-2H3;1H2. The van der Waals surface area contributed by atoms with Gasteiger partial charge in [0.15, 0.2) is 5.78 Å². The molecule has 0 radical (unpaired) electrons. The molecular formula is C7H16O3. The summed E-state index contributed by atoms with van der Waals surface area (Å²) in [6.45, 7) is 4.81. The molecule has 0 aliphatic heterocycles. The van der Waals surface area contributed by atoms with E-state index in [1.165, 1.54) is 0 Å². The van der Waals surface area contributed by atoms with Crippen LogP contribution < -0.4 is 0 Å². The van der Waals surface area contributed by atoms with Crippen LogP contribution in [0.2, 0.25) is 0 Å². The number of rotatable bonds is 5. The highest BCUT2D eigenvalue weighted by Crippen LogP contribution is 1.88. The molecule has 0 aromatic rings. The molecule has 3 heteroatoms. The van der Waals surface area contributed by atoms with Crippen LogP contribution in [0.3, 0.4) is 0 Å². The summed E-state index contributed by atoms with van der Waals surface area (Å²) < 4.78 is 4.90. The Kier molecular flexibility index (Phi) is 10.6. The van der Waals surface area contributed by atoms with Gasteiger partial charge in [-0.15, -0.1) is 0 Å². The van der Waals surface area contributed by atoms with Crippen LogP contribution >= 0.6 is 0 Å². The van der Waals surface area contributed by atoms with Crippen LogP contribution in [0.4, 0.5) is 0 Å². The summed E-state index contributed by atoms with van der Waals surface area (Å²) in [5.41, 5.74) is 0. The van der Waals surface area contributed by atoms with Gasteiger partial charge in [0.1, 0.15) is 6.61 Å². The molecule has 0 heterocycles. The summed E-state index contributed by atoms with van der Waals surface area (Å²) >= 11 is 0. The summed E-state index contributed by atoms with van der Waals surface area (Å²) in [4.78, 5) is 10.7. The third-order valence-electron chi connectivity index (χ3n) is 0.996. The number of carbonyl (C=O) groups is 1. The molecule has 0 atom stereocenters. The van der Waals surface area contributed by atoms with Gasteiger partial charge in [0.2, 0.25) is 0 Å². The van der Waals surface area contributed by atoms with E-state index in [-0.39, 0.29) is 11.3 Å². The number of ether oxygens (including phenoxy) is 1. The summed E-state index contributed by atoms with van der Waals surface area (Å²) in [5.74, 6) is 0.208. The molecule has 0 saturated carbocycles. The lowest BCUT2D eigenvalue weighted by Crippen LogP contribution is -2.07. The van der Waals surface area contributed by atoms with Crippen molar-refractivity contribution in [2.24, 2.45) is 0 Å². The highest BCUT2D eigenvalue weighted by atomic mass is 16.5. The molecule has 0 saturated heterocycles. The molecule has 0 amide bonds. The first-order valence-corrected chi connectivity index (χ1v) is 3.40. The fraction of sp³-hybridized carbons (Fsp3) is 0.857. The molecule has 10 heavy (non-hydrogen) atoms. The number of hydrogen-bond acceptors (Lipinski definition) is 2. The molecule has 0 fully saturated rings. The smallest absolute Gasteiger partial charge is 0.158 e. The maximum Gasteiger partial charge on any atom is 0.158 e. The molecule has 3 nitrogen and oxygen atoms in total. The van der Waals surface area contributed by atoms with E-state index in [9.17, 15) is 4.79 Å². The zero-order valence-corrected chi connectivity index (χ0v) is 6.64. The van der Waals surface area contributed by atoms with Gasteiger partial charge in [-0.05, 0) is 13.3 Å². The van der Waals surface area contributed by atoms with Crippen LogP contribution in [-0.2, 0) is 9.53 Å². The molecule has 0 unspecified atom stereocenters. The van der Waals surface area contributed by atoms with Gasteiger partial charge in [-0.3, -0.25) is 4.79 Å². The molecular weight excluding hydrogens is 132 g/mol. The number of carbonyl (C=O) groups excluding carboxylic acids is 1.